The van der Waals surface area contributed by atoms with Crippen molar-refractivity contribution in [3.05, 3.63) is 10.6 Å². The highest BCUT2D eigenvalue weighted by molar-refractivity contribution is 7.99. The molecule has 0 amide bonds. The number of nitrogens with one attached hydrogen (secondary N) is 1. The first-order valence-electron chi connectivity index (χ1n) is 4.53. The number of thioether (sulfide) groups is 1. The van der Waals surface area contributed by atoms with Crippen molar-refractivity contribution in [2.24, 2.45) is 0 Å². The van der Waals surface area contributed by atoms with Gasteiger partial charge < -0.3 is 5.32 Å². The molecule has 7 heteroatoms. The molecule has 0 aliphatic carbocycles. The third-order valence-electron chi connectivity index (χ3n) is 1.53. The Morgan fingerprint density at radius 3 is 2.40 bits per heavy atom. The molecule has 0 spiro atoms. The number of nitrogens with zero attached hydrogens (tertiary/aromatic N) is 3. The molecule has 1 aromatic rings. The Labute approximate surface area is 103 Å². The van der Waals surface area contributed by atoms with E-state index in [1.165, 1.54) is 0 Å². The Balaban J connectivity index is 2.56. The lowest BCUT2D eigenvalue weighted by Crippen LogP contribution is -2.20. The van der Waals surface area contributed by atoms with E-state index in [1.54, 1.807) is 0 Å². The predicted molar refractivity (Wildman–Crippen MR) is 65.9 cm³/mol. The number of halogens is 2. The molecule has 0 aliphatic heterocycles. The summed E-state index contributed by atoms with van der Waals surface area (Å²) in [5.41, 5.74) is 0. The van der Waals surface area contributed by atoms with E-state index in [1.807, 2.05) is 18.7 Å². The SMILES string of the molecule is CCSCC(C)Nc1nc(Cl)nc(Cl)n1. The Morgan fingerprint density at radius 2 is 1.87 bits per heavy atom. The van der Waals surface area contributed by atoms with Crippen molar-refractivity contribution in [3.8, 4) is 0 Å². The summed E-state index contributed by atoms with van der Waals surface area (Å²) in [5, 5.41) is 3.32. The van der Waals surface area contributed by atoms with Gasteiger partial charge in [0.2, 0.25) is 16.5 Å². The monoisotopic (exact) mass is 266 g/mol. The molecule has 1 unspecified atom stereocenters. The van der Waals surface area contributed by atoms with Gasteiger partial charge in [0.25, 0.3) is 0 Å². The zero-order chi connectivity index (χ0) is 11.3. The first-order valence-corrected chi connectivity index (χ1v) is 6.44. The molecule has 4 nitrogen and oxygen atoms in total. The zero-order valence-corrected chi connectivity index (χ0v) is 10.8. The highest BCUT2D eigenvalue weighted by Gasteiger charge is 2.06. The average molecular weight is 267 g/mol. The van der Waals surface area contributed by atoms with Crippen LogP contribution in [0, 0.1) is 0 Å². The molecule has 0 saturated heterocycles. The fraction of sp³-hybridized carbons (Fsp3) is 0.625. The molecule has 0 aliphatic rings. The van der Waals surface area contributed by atoms with Crippen LogP contribution < -0.4 is 5.32 Å². The molecule has 1 heterocycles. The largest absolute Gasteiger partial charge is 0.351 e. The second-order valence-corrected chi connectivity index (χ2v) is 4.90. The number of anilines is 1. The van der Waals surface area contributed by atoms with E-state index in [0.29, 0.717) is 5.95 Å². The summed E-state index contributed by atoms with van der Waals surface area (Å²) in [6, 6.07) is 0.268. The minimum Gasteiger partial charge on any atom is -0.351 e. The summed E-state index contributed by atoms with van der Waals surface area (Å²) in [7, 11) is 0. The first-order chi connectivity index (χ1) is 7.11. The van der Waals surface area contributed by atoms with Gasteiger partial charge in [-0.3, -0.25) is 0 Å². The second kappa shape index (κ2) is 6.35. The van der Waals surface area contributed by atoms with Crippen LogP contribution in [0.25, 0.3) is 0 Å². The summed E-state index contributed by atoms with van der Waals surface area (Å²) in [6.45, 7) is 4.17. The minimum absolute atomic E-state index is 0.104. The van der Waals surface area contributed by atoms with Gasteiger partial charge in [0.1, 0.15) is 0 Å². The standard InChI is InChI=1S/C8H12Cl2N4S/c1-3-15-4-5(2)11-8-13-6(9)12-7(10)14-8/h5H,3-4H2,1-2H3,(H,11,12,13,14). The van der Waals surface area contributed by atoms with Crippen LogP contribution in [0.2, 0.25) is 10.6 Å². The van der Waals surface area contributed by atoms with Gasteiger partial charge in [-0.25, -0.2) is 0 Å². The molecule has 15 heavy (non-hydrogen) atoms. The van der Waals surface area contributed by atoms with Gasteiger partial charge in [-0.2, -0.15) is 26.7 Å². The molecule has 84 valence electrons. The molecule has 0 bridgehead atoms. The van der Waals surface area contributed by atoms with Gasteiger partial charge in [0.05, 0.1) is 0 Å². The van der Waals surface area contributed by atoms with Gasteiger partial charge in [0.15, 0.2) is 0 Å². The Kier molecular flexibility index (Phi) is 5.42. The van der Waals surface area contributed by atoms with Crippen LogP contribution in [0.1, 0.15) is 13.8 Å². The lowest BCUT2D eigenvalue weighted by atomic mass is 10.4. The van der Waals surface area contributed by atoms with Crippen molar-refractivity contribution < 1.29 is 0 Å². The number of hydrogen-bond acceptors (Lipinski definition) is 5. The van der Waals surface area contributed by atoms with Crippen molar-refractivity contribution in [1.82, 2.24) is 15.0 Å². The highest BCUT2D eigenvalue weighted by Crippen LogP contribution is 2.11. The summed E-state index contributed by atoms with van der Waals surface area (Å²) < 4.78 is 0. The molecular formula is C8H12Cl2N4S. The van der Waals surface area contributed by atoms with E-state index in [4.69, 9.17) is 23.2 Å². The molecule has 1 aromatic heterocycles. The van der Waals surface area contributed by atoms with Crippen LogP contribution in [-0.2, 0) is 0 Å². The minimum atomic E-state index is 0.104. The van der Waals surface area contributed by atoms with E-state index in [-0.39, 0.29) is 16.6 Å². The second-order valence-electron chi connectivity index (χ2n) is 2.90. The predicted octanol–water partition coefficient (Wildman–Crippen LogP) is 2.73. The maximum atomic E-state index is 5.65. The quantitative estimate of drug-likeness (QED) is 0.888. The first kappa shape index (κ1) is 12.8. The van der Waals surface area contributed by atoms with Crippen LogP contribution in [-0.4, -0.2) is 32.5 Å². The smallest absolute Gasteiger partial charge is 0.228 e. The molecule has 0 aromatic carbocycles. The van der Waals surface area contributed by atoms with Crippen LogP contribution in [0.5, 0.6) is 0 Å². The van der Waals surface area contributed by atoms with Crippen LogP contribution in [0.4, 0.5) is 5.95 Å². The van der Waals surface area contributed by atoms with E-state index < -0.39 is 0 Å². The number of hydrogen-bond donors (Lipinski definition) is 1. The van der Waals surface area contributed by atoms with Crippen LogP contribution >= 0.6 is 35.0 Å². The van der Waals surface area contributed by atoms with Gasteiger partial charge >= 0.3 is 0 Å². The molecule has 0 fully saturated rings. The Morgan fingerprint density at radius 1 is 1.27 bits per heavy atom. The van der Waals surface area contributed by atoms with E-state index in [9.17, 15) is 0 Å². The van der Waals surface area contributed by atoms with Gasteiger partial charge in [-0.05, 0) is 35.9 Å². The van der Waals surface area contributed by atoms with E-state index in [2.05, 4.69) is 27.2 Å². The Bertz CT molecular complexity index is 303. The van der Waals surface area contributed by atoms with Crippen molar-refractivity contribution >= 4 is 40.9 Å². The maximum absolute atomic E-state index is 5.65. The van der Waals surface area contributed by atoms with Crippen LogP contribution in [0.3, 0.4) is 0 Å². The van der Waals surface area contributed by atoms with Gasteiger partial charge in [0, 0.05) is 11.8 Å². The molecule has 0 radical (unpaired) electrons. The van der Waals surface area contributed by atoms with E-state index >= 15 is 0 Å². The van der Waals surface area contributed by atoms with Crippen molar-refractivity contribution in [2.45, 2.75) is 19.9 Å². The summed E-state index contributed by atoms with van der Waals surface area (Å²) in [6.07, 6.45) is 0. The van der Waals surface area contributed by atoms with Crippen LogP contribution in [0.15, 0.2) is 0 Å². The summed E-state index contributed by atoms with van der Waals surface area (Å²) in [4.78, 5) is 11.5. The molecular weight excluding hydrogens is 255 g/mol. The summed E-state index contributed by atoms with van der Waals surface area (Å²) in [5.74, 6) is 2.49. The molecule has 0 saturated carbocycles. The van der Waals surface area contributed by atoms with Crippen molar-refractivity contribution in [2.75, 3.05) is 16.8 Å². The van der Waals surface area contributed by atoms with E-state index in [0.717, 1.165) is 11.5 Å². The fourth-order valence-corrected chi connectivity index (χ4v) is 1.98. The fourth-order valence-electron chi connectivity index (χ4n) is 0.947. The third kappa shape index (κ3) is 4.86. The average Bonchev–Trinajstić information content (AvgIpc) is 2.13. The normalized spacial score (nSPS) is 12.5. The molecule has 1 N–H and O–H groups in total. The highest BCUT2D eigenvalue weighted by atomic mass is 35.5. The molecule has 1 atom stereocenters. The lowest BCUT2D eigenvalue weighted by molar-refractivity contribution is 0.877. The Hall–Kier alpha value is -0.260. The third-order valence-corrected chi connectivity index (χ3v) is 3.01. The number of aromatic nitrogens is 3. The van der Waals surface area contributed by atoms with Gasteiger partial charge in [-0.15, -0.1) is 0 Å². The zero-order valence-electron chi connectivity index (χ0n) is 8.50. The van der Waals surface area contributed by atoms with Crippen molar-refractivity contribution in [1.29, 1.82) is 0 Å². The van der Waals surface area contributed by atoms with Crippen molar-refractivity contribution in [3.63, 3.8) is 0 Å². The molecule has 1 rings (SSSR count). The topological polar surface area (TPSA) is 50.7 Å². The summed E-state index contributed by atoms with van der Waals surface area (Å²) >= 11 is 13.1. The number of rotatable bonds is 5. The lowest BCUT2D eigenvalue weighted by Gasteiger charge is -2.12. The van der Waals surface area contributed by atoms with Gasteiger partial charge in [-0.1, -0.05) is 6.92 Å². The maximum Gasteiger partial charge on any atom is 0.228 e.